The van der Waals surface area contributed by atoms with Crippen molar-refractivity contribution < 1.29 is 22.0 Å². The monoisotopic (exact) mass is 572 g/mol. The molecule has 4 aromatic rings. The van der Waals surface area contributed by atoms with E-state index in [0.717, 1.165) is 36.6 Å². The zero-order valence-corrected chi connectivity index (χ0v) is 22.6. The number of benzene rings is 2. The smallest absolute Gasteiger partial charge is 0.320 e. The Kier molecular flexibility index (Phi) is 6.51. The molecule has 1 saturated heterocycles. The van der Waals surface area contributed by atoms with Crippen LogP contribution in [0, 0.1) is 5.92 Å². The molecule has 12 heteroatoms. The number of rotatable bonds is 5. The van der Waals surface area contributed by atoms with Crippen molar-refractivity contribution in [1.82, 2.24) is 29.2 Å². The zero-order valence-electron chi connectivity index (χ0n) is 22.6. The summed E-state index contributed by atoms with van der Waals surface area (Å²) in [6, 6.07) is 9.72. The second-order valence-electron chi connectivity index (χ2n) is 11.5. The second-order valence-corrected chi connectivity index (χ2v) is 11.5. The Bertz CT molecular complexity index is 1660. The Morgan fingerprint density at radius 2 is 1.78 bits per heavy atom. The van der Waals surface area contributed by atoms with Crippen LogP contribution in [0.5, 0.6) is 0 Å². The van der Waals surface area contributed by atoms with Crippen molar-refractivity contribution in [2.45, 2.75) is 56.7 Å². The number of nitrogens with zero attached hydrogens (tertiary/aromatic N) is 6. The molecular formula is C29H29F5N6O. The number of hydrogen-bond donors (Lipinski definition) is 0. The fourth-order valence-corrected chi connectivity index (χ4v) is 6.43. The average Bonchev–Trinajstić information content (AvgIpc) is 3.33. The first-order valence-corrected chi connectivity index (χ1v) is 13.5. The fourth-order valence-electron chi connectivity index (χ4n) is 6.43. The van der Waals surface area contributed by atoms with E-state index in [1.807, 2.05) is 29.8 Å². The molecule has 0 amide bonds. The van der Waals surface area contributed by atoms with Crippen LogP contribution in [0.3, 0.4) is 0 Å². The summed E-state index contributed by atoms with van der Waals surface area (Å²) < 4.78 is 72.6. The number of piperidine rings is 1. The van der Waals surface area contributed by atoms with Crippen LogP contribution in [-0.4, -0.2) is 48.2 Å². The van der Waals surface area contributed by atoms with Gasteiger partial charge in [-0.2, -0.15) is 13.2 Å². The molecule has 1 aliphatic heterocycles. The minimum Gasteiger partial charge on any atom is -0.320 e. The minimum absolute atomic E-state index is 0.0251. The number of fused-ring (bicyclic) bond motifs is 1. The van der Waals surface area contributed by atoms with Gasteiger partial charge in [-0.3, -0.25) is 14.3 Å². The van der Waals surface area contributed by atoms with E-state index in [1.165, 1.54) is 10.6 Å². The third kappa shape index (κ3) is 4.92. The Morgan fingerprint density at radius 1 is 1.05 bits per heavy atom. The number of aryl methyl sites for hydroxylation is 1. The van der Waals surface area contributed by atoms with E-state index in [1.54, 1.807) is 17.3 Å². The van der Waals surface area contributed by atoms with Crippen LogP contribution in [0.25, 0.3) is 16.6 Å². The maximum Gasteiger partial charge on any atom is 0.418 e. The molecule has 0 atom stereocenters. The highest BCUT2D eigenvalue weighted by Gasteiger charge is 2.48. The number of aromatic nitrogens is 5. The Balaban J connectivity index is 1.42. The summed E-state index contributed by atoms with van der Waals surface area (Å²) in [5.74, 6) is -1.50. The standard InChI is InChI=1S/C29H29F5N6O/c1-18-13-27(14-18,26-37-36-17-38(26)2)20-4-3-5-21(12-20)40-16-35-24-22(25(40)41)10-19(11-23(24)29(32,33)34)15-39-8-6-28(30,31)7-9-39/h3-5,10-12,16-18H,6-9,13-15H2,1-2H3. The molecule has 216 valence electrons. The van der Waals surface area contributed by atoms with Gasteiger partial charge in [-0.1, -0.05) is 19.1 Å². The molecule has 0 radical (unpaired) electrons. The van der Waals surface area contributed by atoms with E-state index in [2.05, 4.69) is 22.1 Å². The van der Waals surface area contributed by atoms with E-state index in [-0.39, 0.29) is 43.4 Å². The SMILES string of the molecule is CC1CC(c2cccc(-n3cnc4c(C(F)(F)F)cc(CN5CCC(F)(F)CC5)cc4c3=O)c2)(c2nncn2C)C1. The first kappa shape index (κ1) is 27.5. The number of halogens is 5. The molecule has 2 aliphatic rings. The van der Waals surface area contributed by atoms with Crippen LogP contribution >= 0.6 is 0 Å². The summed E-state index contributed by atoms with van der Waals surface area (Å²) in [7, 11) is 1.88. The van der Waals surface area contributed by atoms with Crippen LogP contribution in [0.2, 0.25) is 0 Å². The van der Waals surface area contributed by atoms with Gasteiger partial charge in [0.05, 0.1) is 27.6 Å². The van der Waals surface area contributed by atoms with Crippen molar-refractivity contribution in [3.05, 3.63) is 81.9 Å². The lowest BCUT2D eigenvalue weighted by Gasteiger charge is -2.46. The quantitative estimate of drug-likeness (QED) is 0.297. The molecule has 0 spiro atoms. The largest absolute Gasteiger partial charge is 0.418 e. The van der Waals surface area contributed by atoms with Crippen molar-refractivity contribution in [2.75, 3.05) is 13.1 Å². The second kappa shape index (κ2) is 9.71. The predicted octanol–water partition coefficient (Wildman–Crippen LogP) is 5.48. The molecule has 7 nitrogen and oxygen atoms in total. The summed E-state index contributed by atoms with van der Waals surface area (Å²) in [4.78, 5) is 19.5. The normalized spacial score (nSPS) is 23.0. The summed E-state index contributed by atoms with van der Waals surface area (Å²) in [6.45, 7) is 2.30. The van der Waals surface area contributed by atoms with Crippen LogP contribution in [-0.2, 0) is 25.2 Å². The van der Waals surface area contributed by atoms with E-state index in [4.69, 9.17) is 0 Å². The zero-order chi connectivity index (χ0) is 29.2. The fraction of sp³-hybridized carbons (Fsp3) is 0.448. The summed E-state index contributed by atoms with van der Waals surface area (Å²) in [5, 5.41) is 8.23. The maximum atomic E-state index is 14.1. The van der Waals surface area contributed by atoms with E-state index < -0.39 is 34.2 Å². The molecule has 41 heavy (non-hydrogen) atoms. The average molecular weight is 573 g/mol. The number of hydrogen-bond acceptors (Lipinski definition) is 5. The van der Waals surface area contributed by atoms with Gasteiger partial charge in [-0.25, -0.2) is 13.8 Å². The van der Waals surface area contributed by atoms with Crippen LogP contribution in [0.15, 0.2) is 53.8 Å². The van der Waals surface area contributed by atoms with Gasteiger partial charge < -0.3 is 4.57 Å². The highest BCUT2D eigenvalue weighted by molar-refractivity contribution is 5.82. The molecule has 2 aromatic heterocycles. The molecule has 3 heterocycles. The molecule has 0 N–H and O–H groups in total. The molecule has 2 aromatic carbocycles. The topological polar surface area (TPSA) is 68.8 Å². The summed E-state index contributed by atoms with van der Waals surface area (Å²) in [6.07, 6.45) is -1.00. The van der Waals surface area contributed by atoms with Gasteiger partial charge in [-0.05, 0) is 54.2 Å². The molecule has 0 bridgehead atoms. The Hall–Kier alpha value is -3.67. The first-order valence-electron chi connectivity index (χ1n) is 13.5. The van der Waals surface area contributed by atoms with Crippen LogP contribution < -0.4 is 5.56 Å². The third-order valence-corrected chi connectivity index (χ3v) is 8.43. The van der Waals surface area contributed by atoms with Gasteiger partial charge in [0, 0.05) is 39.5 Å². The van der Waals surface area contributed by atoms with Crippen molar-refractivity contribution in [3.8, 4) is 5.69 Å². The summed E-state index contributed by atoms with van der Waals surface area (Å²) >= 11 is 0. The highest BCUT2D eigenvalue weighted by Crippen LogP contribution is 2.51. The molecule has 1 aliphatic carbocycles. The van der Waals surface area contributed by atoms with Gasteiger partial charge in [0.1, 0.15) is 18.5 Å². The lowest BCUT2D eigenvalue weighted by molar-refractivity contribution is -0.136. The lowest BCUT2D eigenvalue weighted by atomic mass is 9.58. The minimum atomic E-state index is -4.75. The van der Waals surface area contributed by atoms with Gasteiger partial charge in [0.2, 0.25) is 0 Å². The molecule has 1 saturated carbocycles. The predicted molar refractivity (Wildman–Crippen MR) is 142 cm³/mol. The van der Waals surface area contributed by atoms with Gasteiger partial charge in [0.15, 0.2) is 0 Å². The molecule has 0 unspecified atom stereocenters. The maximum absolute atomic E-state index is 14.1. The van der Waals surface area contributed by atoms with Crippen molar-refractivity contribution in [1.29, 1.82) is 0 Å². The number of likely N-dealkylation sites (tertiary alicyclic amines) is 1. The van der Waals surface area contributed by atoms with Gasteiger partial charge in [0.25, 0.3) is 11.5 Å². The molecule has 2 fully saturated rings. The van der Waals surface area contributed by atoms with Gasteiger partial charge >= 0.3 is 6.18 Å². The lowest BCUT2D eigenvalue weighted by Crippen LogP contribution is -2.43. The molecular weight excluding hydrogens is 543 g/mol. The van der Waals surface area contributed by atoms with E-state index in [0.29, 0.717) is 11.6 Å². The molecule has 6 rings (SSSR count). The van der Waals surface area contributed by atoms with Gasteiger partial charge in [-0.15, -0.1) is 10.2 Å². The first-order chi connectivity index (χ1) is 19.4. The van der Waals surface area contributed by atoms with Crippen molar-refractivity contribution >= 4 is 10.9 Å². The van der Waals surface area contributed by atoms with Crippen molar-refractivity contribution in [2.24, 2.45) is 13.0 Å². The third-order valence-electron chi connectivity index (χ3n) is 8.43. The van der Waals surface area contributed by atoms with Crippen molar-refractivity contribution in [3.63, 3.8) is 0 Å². The Labute approximate surface area is 232 Å². The van der Waals surface area contributed by atoms with Crippen LogP contribution in [0.1, 0.15) is 55.1 Å². The Morgan fingerprint density at radius 3 is 2.41 bits per heavy atom. The summed E-state index contributed by atoms with van der Waals surface area (Å²) in [5.41, 5.74) is -0.856. The highest BCUT2D eigenvalue weighted by atomic mass is 19.4. The van der Waals surface area contributed by atoms with Crippen LogP contribution in [0.4, 0.5) is 22.0 Å². The van der Waals surface area contributed by atoms with E-state index >= 15 is 0 Å². The van der Waals surface area contributed by atoms with E-state index in [9.17, 15) is 26.7 Å². The number of alkyl halides is 5.